The van der Waals surface area contributed by atoms with E-state index in [-0.39, 0.29) is 6.04 Å². The quantitative estimate of drug-likeness (QED) is 0.765. The maximum absolute atomic E-state index is 5.60. The van der Waals surface area contributed by atoms with Crippen LogP contribution in [-0.4, -0.2) is 16.1 Å². The van der Waals surface area contributed by atoms with E-state index in [0.29, 0.717) is 0 Å². The molecule has 0 saturated carbocycles. The van der Waals surface area contributed by atoms with E-state index in [1.54, 1.807) is 6.26 Å². The first-order chi connectivity index (χ1) is 10.3. The lowest BCUT2D eigenvalue weighted by Gasteiger charge is -2.19. The molecule has 2 aromatic heterocycles. The molecule has 0 amide bonds. The zero-order chi connectivity index (χ0) is 15.1. The predicted octanol–water partition coefficient (Wildman–Crippen LogP) is 3.73. The van der Waals surface area contributed by atoms with E-state index >= 15 is 0 Å². The normalized spacial score (nSPS) is 12.7. The molecule has 2 rings (SSSR count). The van der Waals surface area contributed by atoms with E-state index in [2.05, 4.69) is 47.9 Å². The monoisotopic (exact) mass is 289 g/mol. The van der Waals surface area contributed by atoms with Gasteiger partial charge in [-0.1, -0.05) is 20.8 Å². The minimum Gasteiger partial charge on any atom is -0.469 e. The third kappa shape index (κ3) is 3.97. The Balaban J connectivity index is 2.18. The van der Waals surface area contributed by atoms with Gasteiger partial charge in [0.15, 0.2) is 0 Å². The van der Waals surface area contributed by atoms with Crippen molar-refractivity contribution < 1.29 is 4.42 Å². The first-order valence-corrected chi connectivity index (χ1v) is 8.09. The van der Waals surface area contributed by atoms with Gasteiger partial charge in [0.1, 0.15) is 11.6 Å². The number of rotatable bonds is 9. The summed E-state index contributed by atoms with van der Waals surface area (Å²) in [5, 5.41) is 3.64. The summed E-state index contributed by atoms with van der Waals surface area (Å²) >= 11 is 0. The van der Waals surface area contributed by atoms with Crippen LogP contribution < -0.4 is 5.32 Å². The lowest BCUT2D eigenvalue weighted by Crippen LogP contribution is -2.25. The number of aromatic nitrogens is 2. The molecule has 0 aliphatic rings. The molecule has 0 fully saturated rings. The fraction of sp³-hybridized carbons (Fsp3) is 0.588. The third-order valence-electron chi connectivity index (χ3n) is 3.77. The minimum absolute atomic E-state index is 0.275. The predicted molar refractivity (Wildman–Crippen MR) is 85.3 cm³/mol. The molecule has 0 aliphatic heterocycles. The van der Waals surface area contributed by atoms with Crippen LogP contribution in [0.3, 0.4) is 0 Å². The molecule has 0 aromatic carbocycles. The van der Waals surface area contributed by atoms with Crippen LogP contribution in [0.1, 0.15) is 56.8 Å². The fourth-order valence-electron chi connectivity index (χ4n) is 2.72. The number of nitrogens with zero attached hydrogens (tertiary/aromatic N) is 2. The van der Waals surface area contributed by atoms with Gasteiger partial charge in [0.05, 0.1) is 6.26 Å². The Labute approximate surface area is 127 Å². The van der Waals surface area contributed by atoms with Gasteiger partial charge in [-0.15, -0.1) is 0 Å². The lowest BCUT2D eigenvalue weighted by atomic mass is 10.0. The van der Waals surface area contributed by atoms with Gasteiger partial charge in [-0.05, 0) is 25.5 Å². The van der Waals surface area contributed by atoms with E-state index in [0.717, 1.165) is 50.4 Å². The number of hydrogen-bond acceptors (Lipinski definition) is 3. The van der Waals surface area contributed by atoms with Crippen molar-refractivity contribution in [2.24, 2.45) is 0 Å². The Bertz CT molecular complexity index is 530. The zero-order valence-corrected chi connectivity index (χ0v) is 13.4. The van der Waals surface area contributed by atoms with Crippen LogP contribution in [0.25, 0.3) is 0 Å². The van der Waals surface area contributed by atoms with E-state index < -0.39 is 0 Å². The van der Waals surface area contributed by atoms with E-state index in [1.165, 1.54) is 5.56 Å². The summed E-state index contributed by atoms with van der Waals surface area (Å²) in [5.74, 6) is 2.23. The molecule has 2 heterocycles. The smallest absolute Gasteiger partial charge is 0.110 e. The van der Waals surface area contributed by atoms with Crippen molar-refractivity contribution in [2.75, 3.05) is 6.54 Å². The Hall–Kier alpha value is -1.55. The molecule has 1 atom stereocenters. The zero-order valence-electron chi connectivity index (χ0n) is 13.4. The Morgan fingerprint density at radius 3 is 2.86 bits per heavy atom. The number of furan rings is 1. The summed E-state index contributed by atoms with van der Waals surface area (Å²) in [4.78, 5) is 4.54. The van der Waals surface area contributed by atoms with Crippen LogP contribution in [0.4, 0.5) is 0 Å². The standard InChI is InChI=1S/C17H27N3O/c1-4-8-18-15(14-7-12-21-16(14)6-3)13-17-19-9-11-20(17)10-5-2/h7,9,11-12,15,18H,4-6,8,10,13H2,1-3H3. The van der Waals surface area contributed by atoms with Gasteiger partial charge >= 0.3 is 0 Å². The molecule has 0 bridgehead atoms. The highest BCUT2D eigenvalue weighted by Gasteiger charge is 2.19. The fourth-order valence-corrected chi connectivity index (χ4v) is 2.72. The first-order valence-electron chi connectivity index (χ1n) is 8.09. The molecule has 0 spiro atoms. The average Bonchev–Trinajstić information content (AvgIpc) is 3.13. The van der Waals surface area contributed by atoms with E-state index in [1.807, 2.05) is 6.20 Å². The summed E-state index contributed by atoms with van der Waals surface area (Å²) in [5.41, 5.74) is 1.27. The first kappa shape index (κ1) is 15.8. The van der Waals surface area contributed by atoms with Crippen LogP contribution in [0.5, 0.6) is 0 Å². The van der Waals surface area contributed by atoms with Gasteiger partial charge < -0.3 is 14.3 Å². The van der Waals surface area contributed by atoms with E-state index in [9.17, 15) is 0 Å². The summed E-state index contributed by atoms with van der Waals surface area (Å²) in [6, 6.07) is 2.37. The van der Waals surface area contributed by atoms with Gasteiger partial charge in [0.2, 0.25) is 0 Å². The highest BCUT2D eigenvalue weighted by molar-refractivity contribution is 5.23. The van der Waals surface area contributed by atoms with Crippen molar-refractivity contribution >= 4 is 0 Å². The molecule has 4 heteroatoms. The maximum Gasteiger partial charge on any atom is 0.110 e. The number of aryl methyl sites for hydroxylation is 2. The molecule has 4 nitrogen and oxygen atoms in total. The van der Waals surface area contributed by atoms with Crippen molar-refractivity contribution in [3.05, 3.63) is 41.9 Å². The second-order valence-corrected chi connectivity index (χ2v) is 5.40. The Morgan fingerprint density at radius 2 is 2.14 bits per heavy atom. The highest BCUT2D eigenvalue weighted by atomic mass is 16.3. The summed E-state index contributed by atoms with van der Waals surface area (Å²) < 4.78 is 7.86. The Kier molecular flexibility index (Phi) is 6.05. The summed E-state index contributed by atoms with van der Waals surface area (Å²) in [7, 11) is 0. The van der Waals surface area contributed by atoms with Crippen molar-refractivity contribution in [1.82, 2.24) is 14.9 Å². The lowest BCUT2D eigenvalue weighted by molar-refractivity contribution is 0.471. The third-order valence-corrected chi connectivity index (χ3v) is 3.77. The van der Waals surface area contributed by atoms with Crippen LogP contribution in [0.15, 0.2) is 29.1 Å². The van der Waals surface area contributed by atoms with Crippen molar-refractivity contribution in [3.8, 4) is 0 Å². The average molecular weight is 289 g/mol. The SMILES string of the molecule is CCCNC(Cc1nccn1CCC)c1ccoc1CC. The largest absolute Gasteiger partial charge is 0.469 e. The molecular formula is C17H27N3O. The molecule has 21 heavy (non-hydrogen) atoms. The van der Waals surface area contributed by atoms with Crippen LogP contribution in [0, 0.1) is 0 Å². The number of nitrogens with one attached hydrogen (secondary N) is 1. The molecule has 1 N–H and O–H groups in total. The molecule has 2 aromatic rings. The van der Waals surface area contributed by atoms with Gasteiger partial charge in [0, 0.05) is 43.4 Å². The van der Waals surface area contributed by atoms with E-state index in [4.69, 9.17) is 4.42 Å². The molecule has 0 radical (unpaired) electrons. The van der Waals surface area contributed by atoms with Gasteiger partial charge in [0.25, 0.3) is 0 Å². The number of imidazole rings is 1. The Morgan fingerprint density at radius 1 is 1.29 bits per heavy atom. The number of hydrogen-bond donors (Lipinski definition) is 1. The van der Waals surface area contributed by atoms with Crippen molar-refractivity contribution in [3.63, 3.8) is 0 Å². The topological polar surface area (TPSA) is 43.0 Å². The van der Waals surface area contributed by atoms with Gasteiger partial charge in [-0.25, -0.2) is 4.98 Å². The molecule has 0 aliphatic carbocycles. The van der Waals surface area contributed by atoms with Crippen molar-refractivity contribution in [2.45, 2.75) is 59.0 Å². The molecule has 0 saturated heterocycles. The molecule has 1 unspecified atom stereocenters. The second-order valence-electron chi connectivity index (χ2n) is 5.40. The van der Waals surface area contributed by atoms with Crippen LogP contribution in [-0.2, 0) is 19.4 Å². The minimum atomic E-state index is 0.275. The molecule has 116 valence electrons. The van der Waals surface area contributed by atoms with Gasteiger partial charge in [-0.3, -0.25) is 0 Å². The summed E-state index contributed by atoms with van der Waals surface area (Å²) in [6.07, 6.45) is 9.86. The van der Waals surface area contributed by atoms with Crippen LogP contribution in [0.2, 0.25) is 0 Å². The van der Waals surface area contributed by atoms with Gasteiger partial charge in [-0.2, -0.15) is 0 Å². The van der Waals surface area contributed by atoms with Crippen LogP contribution >= 0.6 is 0 Å². The maximum atomic E-state index is 5.60. The molecular weight excluding hydrogens is 262 g/mol. The van der Waals surface area contributed by atoms with Crippen molar-refractivity contribution in [1.29, 1.82) is 0 Å². The highest BCUT2D eigenvalue weighted by Crippen LogP contribution is 2.23. The second kappa shape index (κ2) is 8.03. The summed E-state index contributed by atoms with van der Waals surface area (Å²) in [6.45, 7) is 8.56.